The molecule has 0 saturated carbocycles. The third-order valence-corrected chi connectivity index (χ3v) is 2.48. The average Bonchev–Trinajstić information content (AvgIpc) is 2.17. The zero-order valence-electron chi connectivity index (χ0n) is 7.31. The number of hydrogen-bond acceptors (Lipinski definition) is 3. The van der Waals surface area contributed by atoms with Crippen molar-refractivity contribution in [2.24, 2.45) is 0 Å². The van der Waals surface area contributed by atoms with E-state index in [1.807, 2.05) is 0 Å². The first kappa shape index (κ1) is 11.4. The van der Waals surface area contributed by atoms with Gasteiger partial charge in [-0.25, -0.2) is 8.42 Å². The van der Waals surface area contributed by atoms with Gasteiger partial charge in [-0.2, -0.15) is 14.0 Å². The van der Waals surface area contributed by atoms with Crippen LogP contribution in [-0.2, 0) is 10.0 Å². The largest absolute Gasteiger partial charge is 0.355 e. The summed E-state index contributed by atoms with van der Waals surface area (Å²) in [5.74, 6) is -3.50. The van der Waals surface area contributed by atoms with Crippen molar-refractivity contribution in [1.29, 1.82) is 5.26 Å². The van der Waals surface area contributed by atoms with Gasteiger partial charge in [0.05, 0.1) is 11.6 Å². The molecule has 1 rings (SSSR count). The Morgan fingerprint density at radius 1 is 1.40 bits per heavy atom. The van der Waals surface area contributed by atoms with E-state index in [1.165, 1.54) is 24.3 Å². The van der Waals surface area contributed by atoms with Crippen molar-refractivity contribution in [1.82, 2.24) is 0 Å². The van der Waals surface area contributed by atoms with E-state index in [9.17, 15) is 17.2 Å². The molecular formula is C8H6F2N2O2S. The smallest absolute Gasteiger partial charge is 0.279 e. The van der Waals surface area contributed by atoms with Crippen LogP contribution in [0.25, 0.3) is 0 Å². The maximum Gasteiger partial charge on any atom is 0.355 e. The normalized spacial score (nSPS) is 11.1. The first-order valence-corrected chi connectivity index (χ1v) is 5.30. The van der Waals surface area contributed by atoms with Gasteiger partial charge in [0.15, 0.2) is 0 Å². The van der Waals surface area contributed by atoms with Crippen molar-refractivity contribution < 1.29 is 17.2 Å². The van der Waals surface area contributed by atoms with Gasteiger partial charge in [-0.1, -0.05) is 6.07 Å². The third-order valence-electron chi connectivity index (χ3n) is 1.49. The van der Waals surface area contributed by atoms with Crippen molar-refractivity contribution in [3.63, 3.8) is 0 Å². The molecule has 1 aromatic carbocycles. The van der Waals surface area contributed by atoms with E-state index in [0.717, 1.165) is 0 Å². The van der Waals surface area contributed by atoms with Crippen LogP contribution in [0.2, 0.25) is 0 Å². The molecule has 0 aliphatic carbocycles. The summed E-state index contributed by atoms with van der Waals surface area (Å²) in [7, 11) is -4.67. The predicted octanol–water partition coefficient (Wildman–Crippen LogP) is 1.52. The Balaban J connectivity index is 2.96. The number of sulfonamides is 1. The average molecular weight is 232 g/mol. The van der Waals surface area contributed by atoms with Gasteiger partial charge in [0.1, 0.15) is 0 Å². The van der Waals surface area contributed by atoms with Gasteiger partial charge in [-0.15, -0.1) is 0 Å². The molecule has 1 aromatic rings. The van der Waals surface area contributed by atoms with Crippen LogP contribution in [0.3, 0.4) is 0 Å². The Labute approximate surface area is 85.2 Å². The van der Waals surface area contributed by atoms with E-state index < -0.39 is 15.8 Å². The zero-order chi connectivity index (χ0) is 11.5. The van der Waals surface area contributed by atoms with Crippen molar-refractivity contribution in [3.05, 3.63) is 29.8 Å². The van der Waals surface area contributed by atoms with Crippen molar-refractivity contribution in [3.8, 4) is 6.07 Å². The molecule has 1 N–H and O–H groups in total. The van der Waals surface area contributed by atoms with Gasteiger partial charge in [-0.3, -0.25) is 4.72 Å². The highest BCUT2D eigenvalue weighted by atomic mass is 32.2. The van der Waals surface area contributed by atoms with Crippen molar-refractivity contribution in [2.75, 3.05) is 4.72 Å². The number of rotatable bonds is 3. The Morgan fingerprint density at radius 3 is 2.60 bits per heavy atom. The summed E-state index contributed by atoms with van der Waals surface area (Å²) in [5.41, 5.74) is 0.124. The molecule has 0 radical (unpaired) electrons. The minimum absolute atomic E-state index is 0.0608. The van der Waals surface area contributed by atoms with Crippen LogP contribution in [0.1, 0.15) is 5.56 Å². The summed E-state index contributed by atoms with van der Waals surface area (Å²) in [6.45, 7) is 0. The lowest BCUT2D eigenvalue weighted by atomic mass is 10.2. The fourth-order valence-corrected chi connectivity index (χ4v) is 1.41. The molecule has 4 nitrogen and oxygen atoms in total. The van der Waals surface area contributed by atoms with Gasteiger partial charge in [0.25, 0.3) is 10.0 Å². The van der Waals surface area contributed by atoms with Gasteiger partial charge in [0.2, 0.25) is 0 Å². The molecule has 7 heteroatoms. The predicted molar refractivity (Wildman–Crippen MR) is 49.7 cm³/mol. The van der Waals surface area contributed by atoms with Crippen molar-refractivity contribution >= 4 is 15.7 Å². The van der Waals surface area contributed by atoms with Crippen LogP contribution in [0, 0.1) is 11.3 Å². The quantitative estimate of drug-likeness (QED) is 0.858. The number of hydrogen-bond donors (Lipinski definition) is 1. The zero-order valence-corrected chi connectivity index (χ0v) is 8.13. The SMILES string of the molecule is N#Cc1cccc(NS(=O)(=O)C(F)F)c1. The Morgan fingerprint density at radius 2 is 2.07 bits per heavy atom. The minimum Gasteiger partial charge on any atom is -0.279 e. The molecule has 0 aromatic heterocycles. The van der Waals surface area contributed by atoms with Gasteiger partial charge in [-0.05, 0) is 18.2 Å². The molecule has 0 atom stereocenters. The third kappa shape index (κ3) is 2.89. The summed E-state index contributed by atoms with van der Waals surface area (Å²) >= 11 is 0. The molecule has 0 unspecified atom stereocenters. The Hall–Kier alpha value is -1.68. The highest BCUT2D eigenvalue weighted by molar-refractivity contribution is 7.93. The van der Waals surface area contributed by atoms with Crippen LogP contribution in [0.15, 0.2) is 24.3 Å². The topological polar surface area (TPSA) is 70.0 Å². The summed E-state index contributed by atoms with van der Waals surface area (Å²) in [5, 5.41) is 8.49. The van der Waals surface area contributed by atoms with E-state index in [0.29, 0.717) is 0 Å². The van der Waals surface area contributed by atoms with Gasteiger partial charge >= 0.3 is 5.76 Å². The van der Waals surface area contributed by atoms with E-state index in [1.54, 1.807) is 10.8 Å². The first-order valence-electron chi connectivity index (χ1n) is 3.75. The standard InChI is InChI=1S/C8H6F2N2O2S/c9-8(10)15(13,14)12-7-3-1-2-6(4-7)5-11/h1-4,8,12H. The van der Waals surface area contributed by atoms with E-state index in [-0.39, 0.29) is 11.3 Å². The number of nitriles is 1. The fraction of sp³-hybridized carbons (Fsp3) is 0.125. The molecule has 15 heavy (non-hydrogen) atoms. The highest BCUT2D eigenvalue weighted by Crippen LogP contribution is 2.14. The number of halogens is 2. The van der Waals surface area contributed by atoms with Crippen LogP contribution in [-0.4, -0.2) is 14.2 Å². The minimum atomic E-state index is -4.67. The number of anilines is 1. The molecule has 0 heterocycles. The summed E-state index contributed by atoms with van der Waals surface area (Å²) < 4.78 is 47.1. The van der Waals surface area contributed by atoms with Crippen LogP contribution < -0.4 is 4.72 Å². The Bertz CT molecular complexity index is 494. The number of nitrogens with zero attached hydrogens (tertiary/aromatic N) is 1. The summed E-state index contributed by atoms with van der Waals surface area (Å²) in [6.07, 6.45) is 0. The molecule has 0 aliphatic rings. The number of alkyl halides is 2. The number of benzene rings is 1. The van der Waals surface area contributed by atoms with E-state index in [4.69, 9.17) is 5.26 Å². The van der Waals surface area contributed by atoms with Gasteiger partial charge < -0.3 is 0 Å². The second-order valence-electron chi connectivity index (χ2n) is 2.60. The van der Waals surface area contributed by atoms with Crippen LogP contribution in [0.5, 0.6) is 0 Å². The maximum absolute atomic E-state index is 12.0. The lowest BCUT2D eigenvalue weighted by Crippen LogP contribution is -2.20. The molecule has 0 bridgehead atoms. The van der Waals surface area contributed by atoms with Crippen LogP contribution in [0.4, 0.5) is 14.5 Å². The van der Waals surface area contributed by atoms with Gasteiger partial charge in [0, 0.05) is 5.69 Å². The molecule has 0 spiro atoms. The highest BCUT2D eigenvalue weighted by Gasteiger charge is 2.23. The molecule has 0 aliphatic heterocycles. The molecule has 80 valence electrons. The monoisotopic (exact) mass is 232 g/mol. The van der Waals surface area contributed by atoms with Crippen LogP contribution >= 0.6 is 0 Å². The van der Waals surface area contributed by atoms with E-state index >= 15 is 0 Å². The summed E-state index contributed by atoms with van der Waals surface area (Å²) in [6, 6.07) is 7.03. The fourth-order valence-electron chi connectivity index (χ4n) is 0.861. The number of nitrogens with one attached hydrogen (secondary N) is 1. The Kier molecular flexibility index (Phi) is 3.21. The molecule has 0 fully saturated rings. The van der Waals surface area contributed by atoms with Crippen molar-refractivity contribution in [2.45, 2.75) is 5.76 Å². The first-order chi connectivity index (χ1) is 6.95. The second-order valence-corrected chi connectivity index (χ2v) is 4.25. The molecule has 0 amide bonds. The van der Waals surface area contributed by atoms with E-state index in [2.05, 4.69) is 0 Å². The molecular weight excluding hydrogens is 226 g/mol. The molecule has 0 saturated heterocycles. The lowest BCUT2D eigenvalue weighted by molar-refractivity contribution is 0.236. The summed E-state index contributed by atoms with van der Waals surface area (Å²) in [4.78, 5) is 0. The second kappa shape index (κ2) is 4.23. The lowest BCUT2D eigenvalue weighted by Gasteiger charge is -2.06. The maximum atomic E-state index is 12.0.